The molecule has 0 radical (unpaired) electrons. The van der Waals surface area contributed by atoms with Crippen molar-refractivity contribution in [2.75, 3.05) is 5.32 Å². The van der Waals surface area contributed by atoms with Crippen molar-refractivity contribution in [3.05, 3.63) is 93.3 Å². The molecular formula is C23H19ClN6O4. The van der Waals surface area contributed by atoms with E-state index in [1.165, 1.54) is 29.2 Å². The fourth-order valence-corrected chi connectivity index (χ4v) is 3.57. The molecule has 0 bridgehead atoms. The zero-order valence-electron chi connectivity index (χ0n) is 18.2. The third kappa shape index (κ3) is 4.26. The number of benzene rings is 1. The fourth-order valence-electron chi connectivity index (χ4n) is 3.33. The highest BCUT2D eigenvalue weighted by atomic mass is 35.5. The Hall–Kier alpha value is -4.44. The minimum atomic E-state index is -0.783. The molecular weight excluding hydrogens is 460 g/mol. The van der Waals surface area contributed by atoms with Crippen LogP contribution in [0.15, 0.2) is 65.7 Å². The van der Waals surface area contributed by atoms with Crippen molar-refractivity contribution in [2.45, 2.75) is 6.92 Å². The molecule has 4 rings (SSSR count). The highest BCUT2D eigenvalue weighted by molar-refractivity contribution is 6.34. The van der Waals surface area contributed by atoms with E-state index in [1.807, 2.05) is 18.2 Å². The van der Waals surface area contributed by atoms with Crippen LogP contribution in [-0.2, 0) is 7.05 Å². The van der Waals surface area contributed by atoms with Gasteiger partial charge < -0.3 is 15.8 Å². The quantitative estimate of drug-likeness (QED) is 0.437. The van der Waals surface area contributed by atoms with Gasteiger partial charge in [0.15, 0.2) is 0 Å². The molecule has 0 saturated heterocycles. The topological polar surface area (TPSA) is 134 Å². The van der Waals surface area contributed by atoms with Gasteiger partial charge in [-0.3, -0.25) is 19.1 Å². The fraction of sp³-hybridized carbons (Fsp3) is 0.0870. The summed E-state index contributed by atoms with van der Waals surface area (Å²) in [5, 5.41) is 2.60. The molecule has 0 saturated carbocycles. The molecule has 2 amide bonds. The number of amides is 2. The largest absolute Gasteiger partial charge is 0.454 e. The molecule has 3 N–H and O–H groups in total. The average Bonchev–Trinajstić information content (AvgIpc) is 3.04. The number of ether oxygens (including phenoxy) is 1. The number of nitrogens with two attached hydrogens (primary N) is 1. The first-order valence-corrected chi connectivity index (χ1v) is 10.4. The number of pyridine rings is 2. The lowest BCUT2D eigenvalue weighted by atomic mass is 10.2. The molecule has 10 nitrogen and oxygen atoms in total. The molecule has 0 aliphatic carbocycles. The molecule has 0 fully saturated rings. The lowest BCUT2D eigenvalue weighted by Crippen LogP contribution is -2.25. The van der Waals surface area contributed by atoms with E-state index in [0.717, 1.165) is 0 Å². The number of nitrogens with zero attached hydrogens (tertiary/aromatic N) is 4. The van der Waals surface area contributed by atoms with E-state index in [4.69, 9.17) is 22.1 Å². The number of rotatable bonds is 6. The van der Waals surface area contributed by atoms with E-state index >= 15 is 0 Å². The SMILES string of the molecule is Cc1c(C(=O)Nc2ccc(Oc3ccnc(C(N)=O)c3Cl)cn2)c(=O)n(-c2ccccc2)n1C. The molecule has 34 heavy (non-hydrogen) atoms. The molecule has 0 spiro atoms. The maximum atomic E-state index is 13.0. The van der Waals surface area contributed by atoms with Gasteiger partial charge in [-0.1, -0.05) is 29.8 Å². The van der Waals surface area contributed by atoms with Gasteiger partial charge in [0.2, 0.25) is 0 Å². The number of halogens is 1. The predicted molar refractivity (Wildman–Crippen MR) is 126 cm³/mol. The standard InChI is InChI=1S/C23H19ClN6O4/c1-13-18(23(33)30(29(13)2)14-6-4-3-5-7-14)22(32)28-17-9-8-15(12-27-17)34-16-10-11-26-20(19(16)24)21(25)31/h3-12H,1-2H3,(H2,25,31)(H,27,28,32). The Bertz CT molecular complexity index is 1450. The number of carbonyl (C=O) groups excluding carboxylic acids is 2. The van der Waals surface area contributed by atoms with Gasteiger partial charge >= 0.3 is 0 Å². The number of hydrogen-bond acceptors (Lipinski definition) is 6. The van der Waals surface area contributed by atoms with Crippen molar-refractivity contribution in [2.24, 2.45) is 12.8 Å². The van der Waals surface area contributed by atoms with Crippen LogP contribution in [-0.4, -0.2) is 31.1 Å². The van der Waals surface area contributed by atoms with Gasteiger partial charge in [0.1, 0.15) is 33.6 Å². The summed E-state index contributed by atoms with van der Waals surface area (Å²) in [5.74, 6) is -0.689. The smallest absolute Gasteiger partial charge is 0.284 e. The van der Waals surface area contributed by atoms with Crippen LogP contribution >= 0.6 is 11.6 Å². The first-order chi connectivity index (χ1) is 16.3. The number of aromatic nitrogens is 4. The van der Waals surface area contributed by atoms with Crippen LogP contribution in [0.2, 0.25) is 5.02 Å². The number of carbonyl (C=O) groups is 2. The summed E-state index contributed by atoms with van der Waals surface area (Å²) in [6, 6.07) is 13.6. The van der Waals surface area contributed by atoms with Crippen molar-refractivity contribution in [3.8, 4) is 17.2 Å². The summed E-state index contributed by atoms with van der Waals surface area (Å²) in [6.45, 7) is 1.69. The van der Waals surface area contributed by atoms with Gasteiger partial charge in [0, 0.05) is 19.3 Å². The third-order valence-corrected chi connectivity index (χ3v) is 5.44. The van der Waals surface area contributed by atoms with Gasteiger partial charge in [-0.15, -0.1) is 0 Å². The first-order valence-electron chi connectivity index (χ1n) is 10.0. The number of para-hydroxylation sites is 1. The van der Waals surface area contributed by atoms with Crippen LogP contribution in [0.3, 0.4) is 0 Å². The van der Waals surface area contributed by atoms with Crippen LogP contribution in [0, 0.1) is 6.92 Å². The molecule has 1 aromatic carbocycles. The molecule has 0 aliphatic rings. The minimum absolute atomic E-state index is 0.0102. The summed E-state index contributed by atoms with van der Waals surface area (Å²) in [4.78, 5) is 45.2. The van der Waals surface area contributed by atoms with E-state index in [0.29, 0.717) is 17.1 Å². The summed E-state index contributed by atoms with van der Waals surface area (Å²) in [6.07, 6.45) is 2.70. The molecule has 0 unspecified atom stereocenters. The summed E-state index contributed by atoms with van der Waals surface area (Å²) < 4.78 is 8.68. The molecule has 0 aliphatic heterocycles. The van der Waals surface area contributed by atoms with Crippen molar-refractivity contribution in [3.63, 3.8) is 0 Å². The van der Waals surface area contributed by atoms with E-state index in [1.54, 1.807) is 36.9 Å². The number of primary amides is 1. The second kappa shape index (κ2) is 9.20. The summed E-state index contributed by atoms with van der Waals surface area (Å²) in [5.41, 5.74) is 5.84. The van der Waals surface area contributed by atoms with Crippen LogP contribution in [0.1, 0.15) is 26.5 Å². The molecule has 3 aromatic heterocycles. The van der Waals surface area contributed by atoms with Crippen LogP contribution in [0.5, 0.6) is 11.5 Å². The third-order valence-electron chi connectivity index (χ3n) is 5.07. The zero-order valence-corrected chi connectivity index (χ0v) is 18.9. The zero-order chi connectivity index (χ0) is 24.4. The Morgan fingerprint density at radius 1 is 1.09 bits per heavy atom. The summed E-state index contributed by atoms with van der Waals surface area (Å²) >= 11 is 6.11. The highest BCUT2D eigenvalue weighted by Crippen LogP contribution is 2.30. The van der Waals surface area contributed by atoms with E-state index in [2.05, 4.69) is 15.3 Å². The van der Waals surface area contributed by atoms with Crippen molar-refractivity contribution < 1.29 is 14.3 Å². The molecule has 11 heteroatoms. The van der Waals surface area contributed by atoms with Crippen molar-refractivity contribution in [1.29, 1.82) is 0 Å². The van der Waals surface area contributed by atoms with Crippen LogP contribution in [0.4, 0.5) is 5.82 Å². The second-order valence-electron chi connectivity index (χ2n) is 7.21. The average molecular weight is 479 g/mol. The van der Waals surface area contributed by atoms with Gasteiger partial charge in [-0.05, 0) is 31.2 Å². The minimum Gasteiger partial charge on any atom is -0.454 e. The van der Waals surface area contributed by atoms with Gasteiger partial charge in [0.25, 0.3) is 17.4 Å². The number of nitrogens with one attached hydrogen (secondary N) is 1. The lowest BCUT2D eigenvalue weighted by molar-refractivity contribution is 0.0993. The lowest BCUT2D eigenvalue weighted by Gasteiger charge is -2.09. The number of anilines is 1. The Kier molecular flexibility index (Phi) is 6.15. The Morgan fingerprint density at radius 2 is 1.82 bits per heavy atom. The predicted octanol–water partition coefficient (Wildman–Crippen LogP) is 3.07. The van der Waals surface area contributed by atoms with E-state index < -0.39 is 17.4 Å². The molecule has 172 valence electrons. The summed E-state index contributed by atoms with van der Waals surface area (Å²) in [7, 11) is 1.71. The first kappa shape index (κ1) is 22.7. The van der Waals surface area contributed by atoms with Gasteiger partial charge in [0.05, 0.1) is 17.6 Å². The Morgan fingerprint density at radius 3 is 2.47 bits per heavy atom. The highest BCUT2D eigenvalue weighted by Gasteiger charge is 2.22. The molecule has 4 aromatic rings. The maximum absolute atomic E-state index is 13.0. The number of hydrogen-bond donors (Lipinski definition) is 2. The van der Waals surface area contributed by atoms with Gasteiger partial charge in [-0.2, -0.15) is 0 Å². The van der Waals surface area contributed by atoms with E-state index in [-0.39, 0.29) is 27.8 Å². The van der Waals surface area contributed by atoms with E-state index in [9.17, 15) is 14.4 Å². The molecule has 3 heterocycles. The monoisotopic (exact) mass is 478 g/mol. The van der Waals surface area contributed by atoms with Crippen molar-refractivity contribution >= 4 is 29.2 Å². The second-order valence-corrected chi connectivity index (χ2v) is 7.59. The Balaban J connectivity index is 1.54. The van der Waals surface area contributed by atoms with Gasteiger partial charge in [-0.25, -0.2) is 14.6 Å². The molecule has 0 atom stereocenters. The van der Waals surface area contributed by atoms with Crippen LogP contribution in [0.25, 0.3) is 5.69 Å². The Labute approximate surface area is 198 Å². The van der Waals surface area contributed by atoms with Crippen molar-refractivity contribution in [1.82, 2.24) is 19.3 Å². The van der Waals surface area contributed by atoms with Crippen LogP contribution < -0.4 is 21.3 Å². The normalized spacial score (nSPS) is 10.7. The maximum Gasteiger partial charge on any atom is 0.284 e.